The Morgan fingerprint density at radius 1 is 1.11 bits per heavy atom. The normalized spacial score (nSPS) is 33.3. The van der Waals surface area contributed by atoms with E-state index >= 15 is 0 Å². The standard InChI is InChI=1S/C16H32N2/c1-4-5-13-8-9-15(17)16(10-13)18(12(2)3)11-14-6-7-14/h12-16H,4-11,17H2,1-3H3. The largest absolute Gasteiger partial charge is 0.326 e. The van der Waals surface area contributed by atoms with E-state index < -0.39 is 0 Å². The fourth-order valence-electron chi connectivity index (χ4n) is 3.63. The highest BCUT2D eigenvalue weighted by atomic mass is 15.2. The molecule has 0 spiro atoms. The van der Waals surface area contributed by atoms with Crippen molar-refractivity contribution in [3.63, 3.8) is 0 Å². The van der Waals surface area contributed by atoms with Gasteiger partial charge in [0, 0.05) is 24.7 Å². The summed E-state index contributed by atoms with van der Waals surface area (Å²) in [7, 11) is 0. The smallest absolute Gasteiger partial charge is 0.0252 e. The Balaban J connectivity index is 1.96. The minimum Gasteiger partial charge on any atom is -0.326 e. The SMILES string of the molecule is CCCC1CCC(N)C(N(CC2CC2)C(C)C)C1. The Labute approximate surface area is 113 Å². The molecule has 2 fully saturated rings. The first-order valence-electron chi connectivity index (χ1n) is 8.13. The molecule has 0 amide bonds. The first-order valence-corrected chi connectivity index (χ1v) is 8.13. The molecule has 2 saturated carbocycles. The average Bonchev–Trinajstić information content (AvgIpc) is 3.13. The molecule has 0 radical (unpaired) electrons. The van der Waals surface area contributed by atoms with E-state index in [1.807, 2.05) is 0 Å². The van der Waals surface area contributed by atoms with E-state index in [1.54, 1.807) is 0 Å². The summed E-state index contributed by atoms with van der Waals surface area (Å²) < 4.78 is 0. The van der Waals surface area contributed by atoms with Gasteiger partial charge in [0.2, 0.25) is 0 Å². The zero-order valence-corrected chi connectivity index (χ0v) is 12.6. The lowest BCUT2D eigenvalue weighted by atomic mass is 9.79. The maximum absolute atomic E-state index is 6.43. The zero-order valence-electron chi connectivity index (χ0n) is 12.6. The van der Waals surface area contributed by atoms with Crippen LogP contribution in [0.25, 0.3) is 0 Å². The second kappa shape index (κ2) is 6.38. The molecule has 0 saturated heterocycles. The summed E-state index contributed by atoms with van der Waals surface area (Å²) in [5.74, 6) is 1.91. The number of hydrogen-bond acceptors (Lipinski definition) is 2. The molecule has 2 aliphatic rings. The molecule has 0 aromatic carbocycles. The molecule has 2 heteroatoms. The van der Waals surface area contributed by atoms with Crippen molar-refractivity contribution in [3.8, 4) is 0 Å². The van der Waals surface area contributed by atoms with Crippen molar-refractivity contribution in [2.45, 2.75) is 83.8 Å². The third-order valence-corrected chi connectivity index (χ3v) is 4.93. The van der Waals surface area contributed by atoms with Crippen LogP contribution in [-0.2, 0) is 0 Å². The summed E-state index contributed by atoms with van der Waals surface area (Å²) in [4.78, 5) is 2.73. The van der Waals surface area contributed by atoms with Gasteiger partial charge in [-0.2, -0.15) is 0 Å². The third kappa shape index (κ3) is 3.71. The van der Waals surface area contributed by atoms with E-state index in [-0.39, 0.29) is 0 Å². The Bertz CT molecular complexity index is 247. The second-order valence-corrected chi connectivity index (χ2v) is 6.93. The molecule has 3 unspecified atom stereocenters. The van der Waals surface area contributed by atoms with Crippen molar-refractivity contribution in [1.82, 2.24) is 4.90 Å². The molecule has 0 aromatic heterocycles. The van der Waals surface area contributed by atoms with Crippen LogP contribution in [0.5, 0.6) is 0 Å². The predicted octanol–water partition coefficient (Wildman–Crippen LogP) is 3.40. The van der Waals surface area contributed by atoms with Gasteiger partial charge in [-0.15, -0.1) is 0 Å². The van der Waals surface area contributed by atoms with Crippen LogP contribution < -0.4 is 5.73 Å². The van der Waals surface area contributed by atoms with E-state index in [2.05, 4.69) is 25.7 Å². The molecule has 0 bridgehead atoms. The van der Waals surface area contributed by atoms with Crippen LogP contribution in [-0.4, -0.2) is 29.6 Å². The van der Waals surface area contributed by atoms with Gasteiger partial charge >= 0.3 is 0 Å². The van der Waals surface area contributed by atoms with Gasteiger partial charge in [0.25, 0.3) is 0 Å². The van der Waals surface area contributed by atoms with Crippen molar-refractivity contribution in [2.75, 3.05) is 6.54 Å². The Morgan fingerprint density at radius 3 is 2.33 bits per heavy atom. The Hall–Kier alpha value is -0.0800. The van der Waals surface area contributed by atoms with Crippen molar-refractivity contribution < 1.29 is 0 Å². The van der Waals surface area contributed by atoms with Crippen LogP contribution in [0.3, 0.4) is 0 Å². The third-order valence-electron chi connectivity index (χ3n) is 4.93. The Kier molecular flexibility index (Phi) is 5.08. The highest BCUT2D eigenvalue weighted by Crippen LogP contribution is 2.35. The molecule has 2 N–H and O–H groups in total. The van der Waals surface area contributed by atoms with E-state index in [1.165, 1.54) is 51.5 Å². The molecule has 2 nitrogen and oxygen atoms in total. The quantitative estimate of drug-likeness (QED) is 0.785. The summed E-state index contributed by atoms with van der Waals surface area (Å²) in [5, 5.41) is 0. The topological polar surface area (TPSA) is 29.3 Å². The summed E-state index contributed by atoms with van der Waals surface area (Å²) in [6.45, 7) is 8.31. The molecular weight excluding hydrogens is 220 g/mol. The van der Waals surface area contributed by atoms with Crippen LogP contribution in [0, 0.1) is 11.8 Å². The van der Waals surface area contributed by atoms with Crippen molar-refractivity contribution >= 4 is 0 Å². The van der Waals surface area contributed by atoms with Gasteiger partial charge in [0.15, 0.2) is 0 Å². The molecule has 18 heavy (non-hydrogen) atoms. The van der Waals surface area contributed by atoms with Gasteiger partial charge in [0.1, 0.15) is 0 Å². The fourth-order valence-corrected chi connectivity index (χ4v) is 3.63. The van der Waals surface area contributed by atoms with Gasteiger partial charge < -0.3 is 5.73 Å². The molecule has 2 aliphatic carbocycles. The Morgan fingerprint density at radius 2 is 1.78 bits per heavy atom. The monoisotopic (exact) mass is 252 g/mol. The maximum Gasteiger partial charge on any atom is 0.0252 e. The number of nitrogens with two attached hydrogens (primary N) is 1. The van der Waals surface area contributed by atoms with Crippen molar-refractivity contribution in [1.29, 1.82) is 0 Å². The van der Waals surface area contributed by atoms with Gasteiger partial charge in [-0.05, 0) is 57.8 Å². The van der Waals surface area contributed by atoms with Gasteiger partial charge in [0.05, 0.1) is 0 Å². The van der Waals surface area contributed by atoms with Crippen LogP contribution in [0.1, 0.15) is 65.7 Å². The number of rotatable bonds is 6. The van der Waals surface area contributed by atoms with Gasteiger partial charge in [-0.25, -0.2) is 0 Å². The second-order valence-electron chi connectivity index (χ2n) is 6.93. The van der Waals surface area contributed by atoms with Crippen LogP contribution in [0.4, 0.5) is 0 Å². The van der Waals surface area contributed by atoms with Crippen LogP contribution in [0.2, 0.25) is 0 Å². The molecule has 2 rings (SSSR count). The first-order chi connectivity index (χ1) is 8.61. The van der Waals surface area contributed by atoms with Crippen molar-refractivity contribution in [3.05, 3.63) is 0 Å². The lowest BCUT2D eigenvalue weighted by Gasteiger charge is -2.43. The van der Waals surface area contributed by atoms with E-state index in [0.29, 0.717) is 18.1 Å². The molecule has 0 aliphatic heterocycles. The number of nitrogens with zero attached hydrogens (tertiary/aromatic N) is 1. The summed E-state index contributed by atoms with van der Waals surface area (Å²) in [6.07, 6.45) is 9.58. The van der Waals surface area contributed by atoms with E-state index in [9.17, 15) is 0 Å². The molecule has 0 heterocycles. The van der Waals surface area contributed by atoms with Crippen LogP contribution in [0.15, 0.2) is 0 Å². The highest BCUT2D eigenvalue weighted by Gasteiger charge is 2.35. The number of hydrogen-bond donors (Lipinski definition) is 1. The van der Waals surface area contributed by atoms with Gasteiger partial charge in [-0.1, -0.05) is 19.8 Å². The summed E-state index contributed by atoms with van der Waals surface area (Å²) in [6, 6.07) is 1.72. The van der Waals surface area contributed by atoms with E-state index in [4.69, 9.17) is 5.73 Å². The predicted molar refractivity (Wildman–Crippen MR) is 78.6 cm³/mol. The summed E-state index contributed by atoms with van der Waals surface area (Å²) >= 11 is 0. The van der Waals surface area contributed by atoms with Gasteiger partial charge in [-0.3, -0.25) is 4.90 Å². The maximum atomic E-state index is 6.43. The molecule has 0 aromatic rings. The molecule has 106 valence electrons. The van der Waals surface area contributed by atoms with E-state index in [0.717, 1.165) is 11.8 Å². The minimum atomic E-state index is 0.416. The lowest BCUT2D eigenvalue weighted by Crippen LogP contribution is -2.54. The minimum absolute atomic E-state index is 0.416. The lowest BCUT2D eigenvalue weighted by molar-refractivity contribution is 0.0769. The summed E-state index contributed by atoms with van der Waals surface area (Å²) in [5.41, 5.74) is 6.43. The van der Waals surface area contributed by atoms with Crippen molar-refractivity contribution in [2.24, 2.45) is 17.6 Å². The zero-order chi connectivity index (χ0) is 13.1. The average molecular weight is 252 g/mol. The molecular formula is C16H32N2. The fraction of sp³-hybridized carbons (Fsp3) is 1.00. The highest BCUT2D eigenvalue weighted by molar-refractivity contribution is 4.92. The first kappa shape index (κ1) is 14.3. The van der Waals surface area contributed by atoms with Crippen LogP contribution >= 0.6 is 0 Å². The molecule has 3 atom stereocenters.